The summed E-state index contributed by atoms with van der Waals surface area (Å²) in [5, 5.41) is 13.4. The SMILES string of the molecule is CC(C)(C)OC(=O)N[C@H](CC=O)c1cc(F)ccc1[N+](=O)[O-]. The monoisotopic (exact) mass is 312 g/mol. The number of nitrogens with zero attached hydrogens (tertiary/aromatic N) is 1. The van der Waals surface area contributed by atoms with Crippen molar-refractivity contribution in [3.05, 3.63) is 39.7 Å². The van der Waals surface area contributed by atoms with Gasteiger partial charge in [-0.3, -0.25) is 10.1 Å². The van der Waals surface area contributed by atoms with Gasteiger partial charge >= 0.3 is 6.09 Å². The average molecular weight is 312 g/mol. The number of nitrogens with one attached hydrogen (secondary N) is 1. The maximum Gasteiger partial charge on any atom is 0.408 e. The first-order valence-electron chi connectivity index (χ1n) is 6.51. The average Bonchev–Trinajstić information content (AvgIpc) is 2.35. The number of rotatable bonds is 5. The molecule has 22 heavy (non-hydrogen) atoms. The zero-order chi connectivity index (χ0) is 16.9. The van der Waals surface area contributed by atoms with E-state index >= 15 is 0 Å². The first kappa shape index (κ1) is 17.5. The fraction of sp³-hybridized carbons (Fsp3) is 0.429. The molecule has 0 aliphatic rings. The molecule has 120 valence electrons. The molecule has 0 saturated heterocycles. The molecule has 0 unspecified atom stereocenters. The van der Waals surface area contributed by atoms with E-state index in [1.165, 1.54) is 0 Å². The standard InChI is InChI=1S/C14H17FN2O5/c1-14(2,3)22-13(19)16-11(6-7-18)10-8-9(15)4-5-12(10)17(20)21/h4-5,7-8,11H,6H2,1-3H3,(H,16,19)/t11-/m1/s1. The molecule has 0 aliphatic carbocycles. The van der Waals surface area contributed by atoms with Crippen LogP contribution in [0.5, 0.6) is 0 Å². The molecule has 0 radical (unpaired) electrons. The fourth-order valence-electron chi connectivity index (χ4n) is 1.78. The second-order valence-corrected chi connectivity index (χ2v) is 5.56. The van der Waals surface area contributed by atoms with Gasteiger partial charge in [0.15, 0.2) is 0 Å². The molecule has 1 aromatic rings. The Balaban J connectivity index is 3.10. The first-order valence-corrected chi connectivity index (χ1v) is 6.51. The first-order chi connectivity index (χ1) is 10.1. The molecule has 1 rings (SSSR count). The molecule has 0 heterocycles. The van der Waals surface area contributed by atoms with E-state index in [1.807, 2.05) is 0 Å². The molecule has 0 fully saturated rings. The number of hydrogen-bond donors (Lipinski definition) is 1. The number of benzene rings is 1. The summed E-state index contributed by atoms with van der Waals surface area (Å²) in [7, 11) is 0. The van der Waals surface area contributed by atoms with Crippen LogP contribution in [0, 0.1) is 15.9 Å². The van der Waals surface area contributed by atoms with Crippen molar-refractivity contribution in [3.63, 3.8) is 0 Å². The van der Waals surface area contributed by atoms with Crippen LogP contribution in [0.1, 0.15) is 38.8 Å². The maximum absolute atomic E-state index is 13.4. The number of nitro benzene ring substituents is 1. The highest BCUT2D eigenvalue weighted by molar-refractivity contribution is 5.69. The van der Waals surface area contributed by atoms with Crippen LogP contribution in [0.4, 0.5) is 14.9 Å². The van der Waals surface area contributed by atoms with Crippen molar-refractivity contribution in [1.82, 2.24) is 5.32 Å². The van der Waals surface area contributed by atoms with Crippen LogP contribution in [0.15, 0.2) is 18.2 Å². The minimum absolute atomic E-state index is 0.0945. The number of nitro groups is 1. The number of alkyl carbamates (subject to hydrolysis) is 1. The summed E-state index contributed by atoms with van der Waals surface area (Å²) in [5.41, 5.74) is -1.25. The summed E-state index contributed by atoms with van der Waals surface area (Å²) >= 11 is 0. The number of amides is 1. The molecule has 0 aliphatic heterocycles. The van der Waals surface area contributed by atoms with Crippen LogP contribution < -0.4 is 5.32 Å². The Labute approximate surface area is 126 Å². The van der Waals surface area contributed by atoms with Gasteiger partial charge in [-0.1, -0.05) is 0 Å². The third-order valence-corrected chi connectivity index (χ3v) is 2.58. The van der Waals surface area contributed by atoms with E-state index in [9.17, 15) is 24.1 Å². The largest absolute Gasteiger partial charge is 0.444 e. The lowest BCUT2D eigenvalue weighted by molar-refractivity contribution is -0.385. The van der Waals surface area contributed by atoms with Crippen LogP contribution in [-0.4, -0.2) is 22.9 Å². The summed E-state index contributed by atoms with van der Waals surface area (Å²) in [6, 6.07) is 1.79. The molecule has 1 aromatic carbocycles. The van der Waals surface area contributed by atoms with Crippen LogP contribution >= 0.6 is 0 Å². The third-order valence-electron chi connectivity index (χ3n) is 2.58. The lowest BCUT2D eigenvalue weighted by atomic mass is 10.0. The fourth-order valence-corrected chi connectivity index (χ4v) is 1.78. The zero-order valence-corrected chi connectivity index (χ0v) is 12.5. The number of aldehydes is 1. The number of carbonyl (C=O) groups is 2. The number of ether oxygens (including phenoxy) is 1. The Morgan fingerprint density at radius 1 is 1.50 bits per heavy atom. The van der Waals surface area contributed by atoms with Gasteiger partial charge in [-0.2, -0.15) is 0 Å². The van der Waals surface area contributed by atoms with E-state index in [0.29, 0.717) is 6.29 Å². The molecule has 1 amide bonds. The van der Waals surface area contributed by atoms with Crippen molar-refractivity contribution in [2.45, 2.75) is 38.8 Å². The van der Waals surface area contributed by atoms with E-state index in [-0.39, 0.29) is 17.7 Å². The Morgan fingerprint density at radius 3 is 2.64 bits per heavy atom. The number of carbonyl (C=O) groups excluding carboxylic acids is 2. The Morgan fingerprint density at radius 2 is 2.14 bits per heavy atom. The molecule has 1 atom stereocenters. The molecular weight excluding hydrogens is 295 g/mol. The Bertz CT molecular complexity index is 583. The molecule has 0 spiro atoms. The smallest absolute Gasteiger partial charge is 0.408 e. The molecule has 0 aromatic heterocycles. The molecule has 1 N–H and O–H groups in total. The van der Waals surface area contributed by atoms with Gasteiger partial charge in [-0.05, 0) is 32.9 Å². The van der Waals surface area contributed by atoms with Gasteiger partial charge in [0, 0.05) is 12.5 Å². The minimum Gasteiger partial charge on any atom is -0.444 e. The zero-order valence-electron chi connectivity index (χ0n) is 12.5. The quantitative estimate of drug-likeness (QED) is 0.512. The van der Waals surface area contributed by atoms with Gasteiger partial charge in [0.2, 0.25) is 0 Å². The van der Waals surface area contributed by atoms with E-state index in [1.54, 1.807) is 20.8 Å². The van der Waals surface area contributed by atoms with Crippen LogP contribution in [0.2, 0.25) is 0 Å². The maximum atomic E-state index is 13.4. The van der Waals surface area contributed by atoms with E-state index in [4.69, 9.17) is 4.74 Å². The van der Waals surface area contributed by atoms with Crippen molar-refractivity contribution >= 4 is 18.1 Å². The van der Waals surface area contributed by atoms with Crippen LogP contribution in [-0.2, 0) is 9.53 Å². The van der Waals surface area contributed by atoms with Gasteiger partial charge in [0.25, 0.3) is 5.69 Å². The van der Waals surface area contributed by atoms with Gasteiger partial charge in [-0.25, -0.2) is 9.18 Å². The van der Waals surface area contributed by atoms with Crippen molar-refractivity contribution in [1.29, 1.82) is 0 Å². The van der Waals surface area contributed by atoms with Gasteiger partial charge in [0.05, 0.1) is 16.5 Å². The summed E-state index contributed by atoms with van der Waals surface area (Å²) < 4.78 is 18.4. The topological polar surface area (TPSA) is 98.5 Å². The molecule has 0 saturated carbocycles. The second kappa shape index (κ2) is 6.97. The van der Waals surface area contributed by atoms with E-state index in [0.717, 1.165) is 18.2 Å². The van der Waals surface area contributed by atoms with Gasteiger partial charge in [-0.15, -0.1) is 0 Å². The normalized spacial score (nSPS) is 12.4. The number of hydrogen-bond acceptors (Lipinski definition) is 5. The van der Waals surface area contributed by atoms with Crippen molar-refractivity contribution in [2.75, 3.05) is 0 Å². The van der Waals surface area contributed by atoms with Crippen molar-refractivity contribution in [2.24, 2.45) is 0 Å². The molecule has 0 bridgehead atoms. The molecule has 8 heteroatoms. The summed E-state index contributed by atoms with van der Waals surface area (Å²) in [4.78, 5) is 32.8. The highest BCUT2D eigenvalue weighted by Crippen LogP contribution is 2.28. The van der Waals surface area contributed by atoms with Gasteiger partial charge in [0.1, 0.15) is 17.7 Å². The minimum atomic E-state index is -1.05. The van der Waals surface area contributed by atoms with E-state index in [2.05, 4.69) is 5.32 Å². The third kappa shape index (κ3) is 5.12. The second-order valence-electron chi connectivity index (χ2n) is 5.56. The van der Waals surface area contributed by atoms with Crippen LogP contribution in [0.3, 0.4) is 0 Å². The molecular formula is C14H17FN2O5. The summed E-state index contributed by atoms with van der Waals surface area (Å²) in [6.07, 6.45) is -0.613. The highest BCUT2D eigenvalue weighted by Gasteiger charge is 2.26. The summed E-state index contributed by atoms with van der Waals surface area (Å²) in [6.45, 7) is 4.93. The number of halogens is 1. The lowest BCUT2D eigenvalue weighted by Crippen LogP contribution is -2.35. The molecule has 7 nitrogen and oxygen atoms in total. The van der Waals surface area contributed by atoms with Crippen molar-refractivity contribution in [3.8, 4) is 0 Å². The van der Waals surface area contributed by atoms with E-state index < -0.39 is 28.5 Å². The van der Waals surface area contributed by atoms with Gasteiger partial charge < -0.3 is 14.8 Å². The predicted molar refractivity (Wildman–Crippen MR) is 75.8 cm³/mol. The predicted octanol–water partition coefficient (Wildman–Crippen LogP) is 2.89. The summed E-state index contributed by atoms with van der Waals surface area (Å²) in [5.74, 6) is -0.706. The Kier molecular flexibility index (Phi) is 5.56. The van der Waals surface area contributed by atoms with Crippen molar-refractivity contribution < 1.29 is 23.6 Å². The Hall–Kier alpha value is -2.51. The lowest BCUT2D eigenvalue weighted by Gasteiger charge is -2.23. The highest BCUT2D eigenvalue weighted by atomic mass is 19.1. The van der Waals surface area contributed by atoms with Crippen LogP contribution in [0.25, 0.3) is 0 Å².